The van der Waals surface area contributed by atoms with E-state index in [4.69, 9.17) is 5.11 Å². The summed E-state index contributed by atoms with van der Waals surface area (Å²) in [5.74, 6) is -2.32. The van der Waals surface area contributed by atoms with Crippen LogP contribution in [0, 0.1) is 22.0 Å². The molecule has 8 nitrogen and oxygen atoms in total. The molecular formula is C11H13N3O5. The Morgan fingerprint density at radius 3 is 2.63 bits per heavy atom. The van der Waals surface area contributed by atoms with Crippen molar-refractivity contribution in [1.29, 1.82) is 0 Å². The topological polar surface area (TPSA) is 117 Å². The number of carboxylic acid groups (broad SMARTS) is 1. The summed E-state index contributed by atoms with van der Waals surface area (Å²) in [4.78, 5) is 36.8. The molecule has 2 heterocycles. The van der Waals surface area contributed by atoms with Crippen LogP contribution in [0.15, 0.2) is 12.1 Å². The fourth-order valence-corrected chi connectivity index (χ4v) is 2.24. The predicted octanol–water partition coefficient (Wildman–Crippen LogP) is 0.716. The number of nitrogens with one attached hydrogen (secondary N) is 1. The number of rotatable bonds is 3. The second kappa shape index (κ2) is 4.71. The number of aromatic amines is 1. The molecule has 1 aromatic heterocycles. The number of carbonyl (C=O) groups excluding carboxylic acids is 1. The van der Waals surface area contributed by atoms with Crippen LogP contribution in [-0.2, 0) is 4.79 Å². The lowest BCUT2D eigenvalue weighted by molar-refractivity contribution is -0.389. The number of nitro groups is 1. The van der Waals surface area contributed by atoms with Gasteiger partial charge in [-0.1, -0.05) is 6.92 Å². The molecule has 1 fully saturated rings. The average molecular weight is 267 g/mol. The molecule has 0 aliphatic carbocycles. The molecular weight excluding hydrogens is 254 g/mol. The maximum Gasteiger partial charge on any atom is 0.321 e. The zero-order chi connectivity index (χ0) is 14.2. The largest absolute Gasteiger partial charge is 0.481 e. The molecule has 102 valence electrons. The molecule has 8 heteroatoms. The Hall–Kier alpha value is -2.38. The first-order valence-corrected chi connectivity index (χ1v) is 5.75. The molecule has 1 aliphatic rings. The molecule has 2 atom stereocenters. The molecule has 1 saturated heterocycles. The van der Waals surface area contributed by atoms with Crippen molar-refractivity contribution in [3.05, 3.63) is 27.9 Å². The van der Waals surface area contributed by atoms with Crippen molar-refractivity contribution in [3.63, 3.8) is 0 Å². The Balaban J connectivity index is 2.12. The number of H-pyrrole nitrogens is 1. The van der Waals surface area contributed by atoms with E-state index < -0.39 is 22.7 Å². The fraction of sp³-hybridized carbons (Fsp3) is 0.455. The van der Waals surface area contributed by atoms with Gasteiger partial charge in [-0.05, 0) is 16.9 Å². The van der Waals surface area contributed by atoms with Gasteiger partial charge in [0, 0.05) is 19.2 Å². The van der Waals surface area contributed by atoms with Crippen LogP contribution in [-0.4, -0.2) is 44.9 Å². The zero-order valence-corrected chi connectivity index (χ0v) is 10.2. The van der Waals surface area contributed by atoms with Crippen LogP contribution in [0.25, 0.3) is 0 Å². The van der Waals surface area contributed by atoms with E-state index in [1.165, 1.54) is 17.0 Å². The third-order valence-corrected chi connectivity index (χ3v) is 3.31. The number of likely N-dealkylation sites (tertiary alicyclic amines) is 1. The van der Waals surface area contributed by atoms with E-state index in [2.05, 4.69) is 4.98 Å². The van der Waals surface area contributed by atoms with Gasteiger partial charge >= 0.3 is 11.8 Å². The molecule has 1 aliphatic heterocycles. The number of aliphatic carboxylic acids is 1. The number of carbonyl (C=O) groups is 2. The standard InChI is InChI=1S/C11H13N3O5/c1-6-4-13(5-7(6)11(16)17)10(15)8-2-3-9(12-8)14(18)19/h2-3,6-7,12H,4-5H2,1H3,(H,16,17). The first kappa shape index (κ1) is 13.1. The van der Waals surface area contributed by atoms with Gasteiger partial charge in [-0.3, -0.25) is 9.59 Å². The summed E-state index contributed by atoms with van der Waals surface area (Å²) in [7, 11) is 0. The highest BCUT2D eigenvalue weighted by Crippen LogP contribution is 2.25. The van der Waals surface area contributed by atoms with E-state index in [0.717, 1.165) is 0 Å². The summed E-state index contributed by atoms with van der Waals surface area (Å²) in [6.07, 6.45) is 0. The van der Waals surface area contributed by atoms with E-state index in [1.807, 2.05) is 0 Å². The van der Waals surface area contributed by atoms with Gasteiger partial charge in [-0.2, -0.15) is 0 Å². The number of aromatic nitrogens is 1. The maximum absolute atomic E-state index is 12.1. The second-order valence-electron chi connectivity index (χ2n) is 4.65. The number of hydrogen-bond donors (Lipinski definition) is 2. The number of nitrogens with zero attached hydrogens (tertiary/aromatic N) is 2. The van der Waals surface area contributed by atoms with Crippen LogP contribution >= 0.6 is 0 Å². The van der Waals surface area contributed by atoms with Gasteiger partial charge < -0.3 is 20.1 Å². The quantitative estimate of drug-likeness (QED) is 0.618. The Morgan fingerprint density at radius 2 is 2.16 bits per heavy atom. The van der Waals surface area contributed by atoms with Gasteiger partial charge in [0.2, 0.25) is 0 Å². The molecule has 0 aromatic carbocycles. The van der Waals surface area contributed by atoms with Crippen LogP contribution in [0.4, 0.5) is 5.82 Å². The monoisotopic (exact) mass is 267 g/mol. The first-order valence-electron chi connectivity index (χ1n) is 5.75. The van der Waals surface area contributed by atoms with Crippen molar-refractivity contribution in [1.82, 2.24) is 9.88 Å². The van der Waals surface area contributed by atoms with E-state index in [-0.39, 0.29) is 24.0 Å². The van der Waals surface area contributed by atoms with Gasteiger partial charge in [0.1, 0.15) is 0 Å². The van der Waals surface area contributed by atoms with Crippen LogP contribution in [0.3, 0.4) is 0 Å². The molecule has 19 heavy (non-hydrogen) atoms. The van der Waals surface area contributed by atoms with Gasteiger partial charge in [0.15, 0.2) is 5.69 Å². The predicted molar refractivity (Wildman–Crippen MR) is 63.6 cm³/mol. The molecule has 1 amide bonds. The van der Waals surface area contributed by atoms with Gasteiger partial charge in [-0.25, -0.2) is 4.98 Å². The normalized spacial score (nSPS) is 22.5. The van der Waals surface area contributed by atoms with E-state index in [0.29, 0.717) is 6.54 Å². The van der Waals surface area contributed by atoms with Crippen LogP contribution in [0.2, 0.25) is 0 Å². The Bertz CT molecular complexity index is 538. The van der Waals surface area contributed by atoms with Crippen molar-refractivity contribution < 1.29 is 19.6 Å². The molecule has 2 rings (SSSR count). The van der Waals surface area contributed by atoms with Crippen molar-refractivity contribution in [2.45, 2.75) is 6.92 Å². The summed E-state index contributed by atoms with van der Waals surface area (Å²) >= 11 is 0. The fourth-order valence-electron chi connectivity index (χ4n) is 2.24. The summed E-state index contributed by atoms with van der Waals surface area (Å²) < 4.78 is 0. The maximum atomic E-state index is 12.1. The molecule has 0 bridgehead atoms. The summed E-state index contributed by atoms with van der Waals surface area (Å²) in [5.41, 5.74) is 0.102. The molecule has 2 N–H and O–H groups in total. The van der Waals surface area contributed by atoms with Crippen LogP contribution < -0.4 is 0 Å². The molecule has 0 spiro atoms. The lowest BCUT2D eigenvalue weighted by Crippen LogP contribution is -2.30. The third kappa shape index (κ3) is 2.42. The molecule has 1 aromatic rings. The van der Waals surface area contributed by atoms with E-state index >= 15 is 0 Å². The number of hydrogen-bond acceptors (Lipinski definition) is 4. The van der Waals surface area contributed by atoms with Crippen LogP contribution in [0.5, 0.6) is 0 Å². The van der Waals surface area contributed by atoms with Crippen molar-refractivity contribution in [2.75, 3.05) is 13.1 Å². The number of carboxylic acids is 1. The Kier molecular flexibility index (Phi) is 3.24. The minimum absolute atomic E-state index is 0.102. The molecule has 2 unspecified atom stereocenters. The van der Waals surface area contributed by atoms with Crippen molar-refractivity contribution in [3.8, 4) is 0 Å². The zero-order valence-electron chi connectivity index (χ0n) is 10.2. The lowest BCUT2D eigenvalue weighted by Gasteiger charge is -2.13. The highest BCUT2D eigenvalue weighted by atomic mass is 16.6. The summed E-state index contributed by atoms with van der Waals surface area (Å²) in [6.45, 7) is 2.23. The van der Waals surface area contributed by atoms with Crippen molar-refractivity contribution in [2.24, 2.45) is 11.8 Å². The van der Waals surface area contributed by atoms with E-state index in [9.17, 15) is 19.7 Å². The summed E-state index contributed by atoms with van der Waals surface area (Å²) in [6, 6.07) is 2.54. The third-order valence-electron chi connectivity index (χ3n) is 3.31. The van der Waals surface area contributed by atoms with Crippen LogP contribution in [0.1, 0.15) is 17.4 Å². The summed E-state index contributed by atoms with van der Waals surface area (Å²) in [5, 5.41) is 19.5. The highest BCUT2D eigenvalue weighted by Gasteiger charge is 2.38. The molecule has 0 saturated carbocycles. The Morgan fingerprint density at radius 1 is 1.47 bits per heavy atom. The van der Waals surface area contributed by atoms with Crippen molar-refractivity contribution >= 4 is 17.7 Å². The second-order valence-corrected chi connectivity index (χ2v) is 4.65. The SMILES string of the molecule is CC1CN(C(=O)c2ccc([N+](=O)[O-])[nH]2)CC1C(=O)O. The van der Waals surface area contributed by atoms with E-state index in [1.54, 1.807) is 6.92 Å². The minimum Gasteiger partial charge on any atom is -0.481 e. The molecule has 0 radical (unpaired) electrons. The van der Waals surface area contributed by atoms with Gasteiger partial charge in [0.05, 0.1) is 5.92 Å². The van der Waals surface area contributed by atoms with Gasteiger partial charge in [-0.15, -0.1) is 0 Å². The minimum atomic E-state index is -0.930. The average Bonchev–Trinajstić information content (AvgIpc) is 2.94. The van der Waals surface area contributed by atoms with Gasteiger partial charge in [0.25, 0.3) is 5.91 Å². The lowest BCUT2D eigenvalue weighted by atomic mass is 9.99. The number of amides is 1. The smallest absolute Gasteiger partial charge is 0.321 e. The highest BCUT2D eigenvalue weighted by molar-refractivity contribution is 5.93. The first-order chi connectivity index (χ1) is 8.90. The Labute approximate surface area is 108 Å².